The van der Waals surface area contributed by atoms with Gasteiger partial charge in [0.05, 0.1) is 22.0 Å². The monoisotopic (exact) mass is 542 g/mol. The second-order valence-electron chi connectivity index (χ2n) is 8.41. The van der Waals surface area contributed by atoms with Gasteiger partial charge in [-0.25, -0.2) is 9.78 Å². The molecule has 1 heterocycles. The zero-order chi connectivity index (χ0) is 25.1. The van der Waals surface area contributed by atoms with Crippen molar-refractivity contribution >= 4 is 44.7 Å². The van der Waals surface area contributed by atoms with Crippen LogP contribution in [0.4, 0.5) is 5.69 Å². The van der Waals surface area contributed by atoms with Gasteiger partial charge in [-0.2, -0.15) is 9.78 Å². The molecule has 35 heavy (non-hydrogen) atoms. The number of nitro groups is 1. The van der Waals surface area contributed by atoms with Gasteiger partial charge < -0.3 is 9.84 Å². The Morgan fingerprint density at radius 3 is 2.71 bits per heavy atom. The number of carboxylic acid groups (broad SMARTS) is 1. The Balaban J connectivity index is 1.85. The number of aliphatic carboxylic acids is 1. The average molecular weight is 543 g/mol. The number of fused-ring (bicyclic) bond motifs is 1. The number of nitrogens with zero attached hydrogens (tertiary/aromatic N) is 4. The second kappa shape index (κ2) is 10.3. The van der Waals surface area contributed by atoms with Crippen molar-refractivity contribution in [2.24, 2.45) is 5.10 Å². The van der Waals surface area contributed by atoms with Crippen molar-refractivity contribution in [3.05, 3.63) is 72.7 Å². The van der Waals surface area contributed by atoms with Crippen molar-refractivity contribution in [1.82, 2.24) is 9.66 Å². The van der Waals surface area contributed by atoms with Crippen LogP contribution < -0.4 is 10.3 Å². The molecule has 1 atom stereocenters. The minimum absolute atomic E-state index is 0.0505. The molecule has 0 amide bonds. The van der Waals surface area contributed by atoms with Crippen LogP contribution in [0.5, 0.6) is 5.75 Å². The Hall–Kier alpha value is -3.60. The molecule has 0 saturated heterocycles. The quantitative estimate of drug-likeness (QED) is 0.256. The predicted octanol–water partition coefficient (Wildman–Crippen LogP) is 4.85. The molecule has 0 unspecified atom stereocenters. The maximum Gasteiger partial charge on any atom is 0.344 e. The molecule has 1 aromatic heterocycles. The van der Waals surface area contributed by atoms with E-state index in [1.165, 1.54) is 36.0 Å². The first-order valence-electron chi connectivity index (χ1n) is 11.2. The summed E-state index contributed by atoms with van der Waals surface area (Å²) in [6.45, 7) is 1.35. The van der Waals surface area contributed by atoms with E-state index in [4.69, 9.17) is 9.72 Å². The van der Waals surface area contributed by atoms with E-state index in [9.17, 15) is 24.8 Å². The lowest BCUT2D eigenvalue weighted by Crippen LogP contribution is -2.25. The fraction of sp³-hybridized carbons (Fsp3) is 0.333. The largest absolute Gasteiger partial charge is 0.479 e. The molecular formula is C24H23BrN4O6. The van der Waals surface area contributed by atoms with Crippen LogP contribution in [0, 0.1) is 10.1 Å². The number of halogens is 1. The topological polar surface area (TPSA) is 137 Å². The molecule has 1 aliphatic rings. The Morgan fingerprint density at radius 2 is 2.03 bits per heavy atom. The number of non-ortho nitro benzene ring substituents is 1. The van der Waals surface area contributed by atoms with Gasteiger partial charge in [0, 0.05) is 28.1 Å². The zero-order valence-corrected chi connectivity index (χ0v) is 20.5. The van der Waals surface area contributed by atoms with Gasteiger partial charge in [-0.3, -0.25) is 14.9 Å². The summed E-state index contributed by atoms with van der Waals surface area (Å²) in [5.41, 5.74) is 0.158. The van der Waals surface area contributed by atoms with Crippen LogP contribution in [0.15, 0.2) is 50.8 Å². The molecule has 0 bridgehead atoms. The summed E-state index contributed by atoms with van der Waals surface area (Å²) in [7, 11) is 0. The molecule has 11 heteroatoms. The van der Waals surface area contributed by atoms with Gasteiger partial charge in [-0.05, 0) is 44.0 Å². The summed E-state index contributed by atoms with van der Waals surface area (Å²) in [6.07, 6.45) is 5.02. The number of aromatic nitrogens is 2. The molecule has 10 nitrogen and oxygen atoms in total. The zero-order valence-electron chi connectivity index (χ0n) is 18.9. The highest BCUT2D eigenvalue weighted by atomic mass is 79.9. The van der Waals surface area contributed by atoms with Crippen LogP contribution >= 0.6 is 15.9 Å². The summed E-state index contributed by atoms with van der Waals surface area (Å²) >= 11 is 3.38. The van der Waals surface area contributed by atoms with Crippen LogP contribution in [-0.2, 0) is 4.79 Å². The van der Waals surface area contributed by atoms with E-state index in [1.54, 1.807) is 12.1 Å². The molecule has 2 aromatic carbocycles. The van der Waals surface area contributed by atoms with Crippen molar-refractivity contribution < 1.29 is 19.6 Å². The van der Waals surface area contributed by atoms with E-state index in [2.05, 4.69) is 21.0 Å². The maximum absolute atomic E-state index is 13.5. The molecule has 1 fully saturated rings. The van der Waals surface area contributed by atoms with Gasteiger partial charge in [0.25, 0.3) is 11.2 Å². The number of hydrogen-bond acceptors (Lipinski definition) is 7. The first kappa shape index (κ1) is 24.5. The van der Waals surface area contributed by atoms with Crippen LogP contribution in [-0.4, -0.2) is 38.0 Å². The van der Waals surface area contributed by atoms with Gasteiger partial charge in [-0.1, -0.05) is 35.2 Å². The molecule has 0 spiro atoms. The van der Waals surface area contributed by atoms with Gasteiger partial charge in [0.15, 0.2) is 6.10 Å². The van der Waals surface area contributed by atoms with Gasteiger partial charge in [0.2, 0.25) is 0 Å². The Bertz CT molecular complexity index is 1380. The lowest BCUT2D eigenvalue weighted by molar-refractivity contribution is -0.384. The third-order valence-corrected chi connectivity index (χ3v) is 6.46. The summed E-state index contributed by atoms with van der Waals surface area (Å²) in [6, 6.07) is 9.04. The lowest BCUT2D eigenvalue weighted by Gasteiger charge is -2.22. The molecule has 1 aliphatic carbocycles. The Labute approximate surface area is 208 Å². The number of carboxylic acids is 1. The highest BCUT2D eigenvalue weighted by molar-refractivity contribution is 9.10. The lowest BCUT2D eigenvalue weighted by atomic mass is 9.88. The minimum atomic E-state index is -1.19. The Kier molecular flexibility index (Phi) is 7.25. The van der Waals surface area contributed by atoms with Crippen LogP contribution in [0.25, 0.3) is 10.9 Å². The molecule has 0 aliphatic heterocycles. The number of carbonyl (C=O) groups is 1. The normalized spacial score (nSPS) is 15.4. The summed E-state index contributed by atoms with van der Waals surface area (Å²) in [4.78, 5) is 40.2. The van der Waals surface area contributed by atoms with Gasteiger partial charge >= 0.3 is 5.97 Å². The van der Waals surface area contributed by atoms with Crippen molar-refractivity contribution in [1.29, 1.82) is 0 Å². The first-order valence-corrected chi connectivity index (χ1v) is 12.0. The molecule has 0 radical (unpaired) electrons. The summed E-state index contributed by atoms with van der Waals surface area (Å²) in [5, 5.41) is 25.3. The number of hydrogen-bond donors (Lipinski definition) is 1. The number of rotatable bonds is 7. The average Bonchev–Trinajstić information content (AvgIpc) is 2.84. The van der Waals surface area contributed by atoms with E-state index in [1.807, 2.05) is 6.07 Å². The van der Waals surface area contributed by atoms with Crippen molar-refractivity contribution in [2.75, 3.05) is 0 Å². The summed E-state index contributed by atoms with van der Waals surface area (Å²) < 4.78 is 7.44. The molecule has 4 rings (SSSR count). The smallest absolute Gasteiger partial charge is 0.344 e. The number of benzene rings is 2. The number of nitro benzene ring substituents is 1. The third-order valence-electron chi connectivity index (χ3n) is 5.97. The van der Waals surface area contributed by atoms with E-state index < -0.39 is 17.0 Å². The molecule has 1 N–H and O–H groups in total. The third kappa shape index (κ3) is 5.40. The fourth-order valence-electron chi connectivity index (χ4n) is 4.12. The summed E-state index contributed by atoms with van der Waals surface area (Å²) in [5.74, 6) is -0.508. The van der Waals surface area contributed by atoms with E-state index in [0.717, 1.165) is 36.6 Å². The molecule has 1 saturated carbocycles. The second-order valence-corrected chi connectivity index (χ2v) is 9.32. The standard InChI is InChI=1S/C24H23BrN4O6/c1-14(24(31)32)35-21-10-8-18(29(33)34)11-16(21)13-26-28-22(15-5-3-2-4-6-15)27-20-9-7-17(25)12-19(20)23(28)30/h7-15H,2-6H2,1H3,(H,31,32)/t14-/m0/s1. The fourth-order valence-corrected chi connectivity index (χ4v) is 4.48. The highest BCUT2D eigenvalue weighted by Gasteiger charge is 2.23. The van der Waals surface area contributed by atoms with Gasteiger partial charge in [-0.15, -0.1) is 0 Å². The van der Waals surface area contributed by atoms with E-state index >= 15 is 0 Å². The van der Waals surface area contributed by atoms with E-state index in [-0.39, 0.29) is 28.5 Å². The van der Waals surface area contributed by atoms with Crippen LogP contribution in [0.2, 0.25) is 0 Å². The molecular weight excluding hydrogens is 520 g/mol. The minimum Gasteiger partial charge on any atom is -0.479 e. The number of ether oxygens (including phenoxy) is 1. The molecule has 182 valence electrons. The highest BCUT2D eigenvalue weighted by Crippen LogP contribution is 2.32. The van der Waals surface area contributed by atoms with E-state index in [0.29, 0.717) is 16.7 Å². The SMILES string of the molecule is C[C@H](Oc1ccc([N+](=O)[O-])cc1C=Nn1c(C2CCCCC2)nc2ccc(Br)cc2c1=O)C(=O)O. The first-order chi connectivity index (χ1) is 16.7. The van der Waals surface area contributed by atoms with Crippen molar-refractivity contribution in [3.8, 4) is 5.75 Å². The molecule has 3 aromatic rings. The van der Waals surface area contributed by atoms with Gasteiger partial charge in [0.1, 0.15) is 11.6 Å². The van der Waals surface area contributed by atoms with Crippen molar-refractivity contribution in [2.45, 2.75) is 51.0 Å². The predicted molar refractivity (Wildman–Crippen MR) is 133 cm³/mol. The van der Waals surface area contributed by atoms with Crippen molar-refractivity contribution in [3.63, 3.8) is 0 Å². The Morgan fingerprint density at radius 1 is 1.29 bits per heavy atom. The van der Waals surface area contributed by atoms with Crippen LogP contribution in [0.3, 0.4) is 0 Å². The maximum atomic E-state index is 13.5. The van der Waals surface area contributed by atoms with Crippen LogP contribution in [0.1, 0.15) is 56.3 Å².